The molecule has 8 heteroatoms. The molecule has 1 unspecified atom stereocenters. The van der Waals surface area contributed by atoms with Crippen molar-refractivity contribution in [1.82, 2.24) is 4.90 Å². The van der Waals surface area contributed by atoms with Crippen LogP contribution in [0.1, 0.15) is 13.3 Å². The van der Waals surface area contributed by atoms with Crippen LogP contribution in [0.25, 0.3) is 0 Å². The Bertz CT molecular complexity index is 794. The van der Waals surface area contributed by atoms with Gasteiger partial charge in [0.05, 0.1) is 5.92 Å². The van der Waals surface area contributed by atoms with Gasteiger partial charge < -0.3 is 24.4 Å². The van der Waals surface area contributed by atoms with Crippen molar-refractivity contribution in [3.8, 4) is 11.5 Å². The predicted molar refractivity (Wildman–Crippen MR) is 94.8 cm³/mol. The van der Waals surface area contributed by atoms with E-state index in [2.05, 4.69) is 0 Å². The Kier molecular flexibility index (Phi) is 4.41. The number of carboxylic acids is 1. The monoisotopic (exact) mass is 374 g/mol. The van der Waals surface area contributed by atoms with E-state index in [0.717, 1.165) is 0 Å². The van der Waals surface area contributed by atoms with E-state index in [4.69, 9.17) is 9.47 Å². The standard InChI is InChI=1S/C19H22N2O6/c1-11-9-20(10-14(11)19(24)25)17(22)13-4-5-21(18(13)23)12-2-3-15-16(8-12)27-7-6-26-15/h2-3,8,11,13-14H,4-7,9-10H2,1H3,(H,24,25)/t11-,13?,14-/m1/s1. The van der Waals surface area contributed by atoms with Crippen molar-refractivity contribution in [3.05, 3.63) is 18.2 Å². The van der Waals surface area contributed by atoms with E-state index in [-0.39, 0.29) is 24.3 Å². The summed E-state index contributed by atoms with van der Waals surface area (Å²) < 4.78 is 11.1. The highest BCUT2D eigenvalue weighted by molar-refractivity contribution is 6.09. The third kappa shape index (κ3) is 3.09. The number of nitrogens with zero attached hydrogens (tertiary/aromatic N) is 2. The number of amides is 2. The van der Waals surface area contributed by atoms with Crippen LogP contribution >= 0.6 is 0 Å². The normalized spacial score (nSPS) is 27.1. The molecule has 4 rings (SSSR count). The molecule has 27 heavy (non-hydrogen) atoms. The van der Waals surface area contributed by atoms with Crippen LogP contribution < -0.4 is 14.4 Å². The molecule has 1 aromatic carbocycles. The molecule has 2 fully saturated rings. The number of fused-ring (bicyclic) bond motifs is 1. The molecular formula is C19H22N2O6. The largest absolute Gasteiger partial charge is 0.486 e. The summed E-state index contributed by atoms with van der Waals surface area (Å²) in [6.07, 6.45) is 0.425. The van der Waals surface area contributed by atoms with Crippen molar-refractivity contribution in [1.29, 1.82) is 0 Å². The number of carbonyl (C=O) groups is 3. The summed E-state index contributed by atoms with van der Waals surface area (Å²) in [6, 6.07) is 5.32. The maximum atomic E-state index is 12.9. The van der Waals surface area contributed by atoms with Gasteiger partial charge in [0.1, 0.15) is 19.1 Å². The molecule has 0 aliphatic carbocycles. The van der Waals surface area contributed by atoms with Gasteiger partial charge in [0.25, 0.3) is 0 Å². The minimum absolute atomic E-state index is 0.114. The summed E-state index contributed by atoms with van der Waals surface area (Å²) in [4.78, 5) is 40.1. The average Bonchev–Trinajstić information content (AvgIpc) is 3.24. The summed E-state index contributed by atoms with van der Waals surface area (Å²) >= 11 is 0. The number of hydrogen-bond donors (Lipinski definition) is 1. The molecule has 3 heterocycles. The molecule has 0 spiro atoms. The molecule has 144 valence electrons. The van der Waals surface area contributed by atoms with Crippen LogP contribution in [0, 0.1) is 17.8 Å². The van der Waals surface area contributed by atoms with Gasteiger partial charge in [0.15, 0.2) is 11.5 Å². The summed E-state index contributed by atoms with van der Waals surface area (Å²) in [6.45, 7) is 3.78. The number of carboxylic acid groups (broad SMARTS) is 1. The maximum absolute atomic E-state index is 12.9. The predicted octanol–water partition coefficient (Wildman–Crippen LogP) is 0.990. The summed E-state index contributed by atoms with van der Waals surface area (Å²) in [7, 11) is 0. The third-order valence-corrected chi connectivity index (χ3v) is 5.58. The topological polar surface area (TPSA) is 96.4 Å². The van der Waals surface area contributed by atoms with Gasteiger partial charge in [-0.05, 0) is 24.5 Å². The molecule has 0 radical (unpaired) electrons. The molecule has 8 nitrogen and oxygen atoms in total. The SMILES string of the molecule is C[C@@H]1CN(C(=O)C2CCN(c3ccc4c(c3)OCCO4)C2=O)C[C@H]1C(=O)O. The Morgan fingerprint density at radius 3 is 2.59 bits per heavy atom. The molecule has 1 N–H and O–H groups in total. The number of hydrogen-bond acceptors (Lipinski definition) is 5. The van der Waals surface area contributed by atoms with Crippen molar-refractivity contribution >= 4 is 23.5 Å². The maximum Gasteiger partial charge on any atom is 0.308 e. The summed E-state index contributed by atoms with van der Waals surface area (Å²) in [5.41, 5.74) is 0.678. The van der Waals surface area contributed by atoms with Crippen LogP contribution in [0.4, 0.5) is 5.69 Å². The lowest BCUT2D eigenvalue weighted by molar-refractivity contribution is -0.142. The second-order valence-corrected chi connectivity index (χ2v) is 7.32. The van der Waals surface area contributed by atoms with Gasteiger partial charge in [-0.2, -0.15) is 0 Å². The first-order valence-electron chi connectivity index (χ1n) is 9.18. The van der Waals surface area contributed by atoms with Crippen LogP contribution in [0.2, 0.25) is 0 Å². The Labute approximate surface area is 156 Å². The molecule has 3 aliphatic heterocycles. The number of benzene rings is 1. The zero-order chi connectivity index (χ0) is 19.1. The Hall–Kier alpha value is -2.77. The second-order valence-electron chi connectivity index (χ2n) is 7.32. The fourth-order valence-electron chi connectivity index (χ4n) is 4.05. The van der Waals surface area contributed by atoms with Gasteiger partial charge in [0, 0.05) is 31.4 Å². The van der Waals surface area contributed by atoms with Crippen molar-refractivity contribution < 1.29 is 29.0 Å². The van der Waals surface area contributed by atoms with E-state index in [1.165, 1.54) is 4.90 Å². The van der Waals surface area contributed by atoms with E-state index in [9.17, 15) is 19.5 Å². The highest BCUT2D eigenvalue weighted by Crippen LogP contribution is 2.36. The molecule has 3 aliphatic rings. The second kappa shape index (κ2) is 6.75. The summed E-state index contributed by atoms with van der Waals surface area (Å²) in [5, 5.41) is 9.25. The number of likely N-dealkylation sites (tertiary alicyclic amines) is 1. The molecule has 3 atom stereocenters. The molecule has 1 aromatic rings. The number of ether oxygens (including phenoxy) is 2. The number of anilines is 1. The van der Waals surface area contributed by atoms with Crippen LogP contribution in [-0.2, 0) is 14.4 Å². The lowest BCUT2D eigenvalue weighted by Crippen LogP contribution is -2.39. The number of rotatable bonds is 3. The molecule has 2 amide bonds. The fraction of sp³-hybridized carbons (Fsp3) is 0.526. The van der Waals surface area contributed by atoms with Gasteiger partial charge in [-0.15, -0.1) is 0 Å². The highest BCUT2D eigenvalue weighted by atomic mass is 16.6. The highest BCUT2D eigenvalue weighted by Gasteiger charge is 2.44. The van der Waals surface area contributed by atoms with E-state index >= 15 is 0 Å². The first-order valence-corrected chi connectivity index (χ1v) is 9.18. The van der Waals surface area contributed by atoms with Crippen LogP contribution in [0.15, 0.2) is 18.2 Å². The van der Waals surface area contributed by atoms with E-state index in [1.54, 1.807) is 23.1 Å². The van der Waals surface area contributed by atoms with Crippen LogP contribution in [-0.4, -0.2) is 60.6 Å². The van der Waals surface area contributed by atoms with Crippen molar-refractivity contribution in [2.45, 2.75) is 13.3 Å². The molecule has 0 saturated carbocycles. The van der Waals surface area contributed by atoms with Crippen LogP contribution in [0.5, 0.6) is 11.5 Å². The zero-order valence-electron chi connectivity index (χ0n) is 15.1. The first kappa shape index (κ1) is 17.6. The minimum Gasteiger partial charge on any atom is -0.486 e. The third-order valence-electron chi connectivity index (χ3n) is 5.58. The first-order chi connectivity index (χ1) is 13.0. The molecule has 0 bridgehead atoms. The Balaban J connectivity index is 1.47. The fourth-order valence-corrected chi connectivity index (χ4v) is 4.05. The van der Waals surface area contributed by atoms with Crippen molar-refractivity contribution in [2.24, 2.45) is 17.8 Å². The number of aliphatic carboxylic acids is 1. The van der Waals surface area contributed by atoms with E-state index in [1.807, 2.05) is 6.92 Å². The van der Waals surface area contributed by atoms with Crippen molar-refractivity contribution in [3.63, 3.8) is 0 Å². The number of carbonyl (C=O) groups excluding carboxylic acids is 2. The Morgan fingerprint density at radius 2 is 1.89 bits per heavy atom. The van der Waals surface area contributed by atoms with Gasteiger partial charge >= 0.3 is 5.97 Å². The summed E-state index contributed by atoms with van der Waals surface area (Å²) in [5.74, 6) is -1.60. The molecular weight excluding hydrogens is 352 g/mol. The van der Waals surface area contributed by atoms with E-state index in [0.29, 0.717) is 49.9 Å². The Morgan fingerprint density at radius 1 is 1.15 bits per heavy atom. The molecule has 2 saturated heterocycles. The van der Waals surface area contributed by atoms with Gasteiger partial charge in [-0.1, -0.05) is 6.92 Å². The van der Waals surface area contributed by atoms with Gasteiger partial charge in [-0.3, -0.25) is 14.4 Å². The molecule has 0 aromatic heterocycles. The smallest absolute Gasteiger partial charge is 0.308 e. The van der Waals surface area contributed by atoms with Gasteiger partial charge in [-0.25, -0.2) is 0 Å². The zero-order valence-corrected chi connectivity index (χ0v) is 15.1. The minimum atomic E-state index is -0.895. The van der Waals surface area contributed by atoms with Gasteiger partial charge in [0.2, 0.25) is 11.8 Å². The van der Waals surface area contributed by atoms with E-state index < -0.39 is 17.8 Å². The quantitative estimate of drug-likeness (QED) is 0.793. The lowest BCUT2D eigenvalue weighted by atomic mass is 9.99. The lowest BCUT2D eigenvalue weighted by Gasteiger charge is -2.23. The van der Waals surface area contributed by atoms with Crippen LogP contribution in [0.3, 0.4) is 0 Å². The van der Waals surface area contributed by atoms with Crippen molar-refractivity contribution in [2.75, 3.05) is 37.7 Å². The average molecular weight is 374 g/mol.